The monoisotopic (exact) mass is 300 g/mol. The van der Waals surface area contributed by atoms with Crippen molar-refractivity contribution in [2.75, 3.05) is 17.3 Å². The lowest BCUT2D eigenvalue weighted by molar-refractivity contribution is 0.849. The van der Waals surface area contributed by atoms with Crippen molar-refractivity contribution in [1.29, 1.82) is 0 Å². The first-order chi connectivity index (χ1) is 9.86. The van der Waals surface area contributed by atoms with E-state index in [2.05, 4.69) is 60.1 Å². The van der Waals surface area contributed by atoms with Crippen LogP contribution in [-0.2, 0) is 0 Å². The van der Waals surface area contributed by atoms with Crippen LogP contribution < -0.4 is 5.32 Å². The summed E-state index contributed by atoms with van der Waals surface area (Å²) < 4.78 is 0. The summed E-state index contributed by atoms with van der Waals surface area (Å²) >= 11 is 3.54. The molecule has 2 aromatic carbocycles. The lowest BCUT2D eigenvalue weighted by Gasteiger charge is -2.09. The first-order valence-corrected chi connectivity index (χ1v) is 8.73. The third kappa shape index (κ3) is 3.02. The first kappa shape index (κ1) is 13.6. The molecule has 3 rings (SSSR count). The molecule has 0 radical (unpaired) electrons. The van der Waals surface area contributed by atoms with Crippen LogP contribution in [0.5, 0.6) is 0 Å². The Morgan fingerprint density at radius 2 is 1.85 bits per heavy atom. The first-order valence-electron chi connectivity index (χ1n) is 6.52. The van der Waals surface area contributed by atoms with Crippen molar-refractivity contribution in [3.05, 3.63) is 60.2 Å². The van der Waals surface area contributed by atoms with E-state index < -0.39 is 0 Å². The van der Waals surface area contributed by atoms with Gasteiger partial charge in [0, 0.05) is 10.6 Å². The van der Waals surface area contributed by atoms with E-state index in [0.29, 0.717) is 0 Å². The number of hydrogen-bond donors (Lipinski definition) is 1. The molecule has 1 aliphatic rings. The summed E-state index contributed by atoms with van der Waals surface area (Å²) in [6, 6.07) is 19.1. The SMILES string of the molecule is CSc1ccccc1NC1=NC(c2ccccc2)CS1. The molecule has 1 heterocycles. The quantitative estimate of drug-likeness (QED) is 0.834. The molecule has 4 heteroatoms. The molecule has 0 saturated heterocycles. The average molecular weight is 300 g/mol. The number of benzene rings is 2. The van der Waals surface area contributed by atoms with E-state index in [9.17, 15) is 0 Å². The second-order valence-corrected chi connectivity index (χ2v) is 6.35. The van der Waals surface area contributed by atoms with Crippen molar-refractivity contribution in [1.82, 2.24) is 0 Å². The van der Waals surface area contributed by atoms with Crippen molar-refractivity contribution in [2.24, 2.45) is 4.99 Å². The molecule has 1 aliphatic heterocycles. The van der Waals surface area contributed by atoms with Gasteiger partial charge >= 0.3 is 0 Å². The minimum Gasteiger partial charge on any atom is -0.334 e. The molecule has 0 amide bonds. The maximum Gasteiger partial charge on any atom is 0.161 e. The zero-order valence-electron chi connectivity index (χ0n) is 11.2. The third-order valence-corrected chi connectivity index (χ3v) is 4.94. The molecular weight excluding hydrogens is 284 g/mol. The normalized spacial score (nSPS) is 17.9. The summed E-state index contributed by atoms with van der Waals surface area (Å²) in [5, 5.41) is 4.47. The molecule has 0 aliphatic carbocycles. The highest BCUT2D eigenvalue weighted by Crippen LogP contribution is 2.32. The topological polar surface area (TPSA) is 24.4 Å². The highest BCUT2D eigenvalue weighted by molar-refractivity contribution is 8.14. The Labute approximate surface area is 128 Å². The molecule has 1 unspecified atom stereocenters. The molecule has 2 aromatic rings. The van der Waals surface area contributed by atoms with Gasteiger partial charge in [0.15, 0.2) is 5.17 Å². The summed E-state index contributed by atoms with van der Waals surface area (Å²) in [7, 11) is 0. The molecule has 20 heavy (non-hydrogen) atoms. The summed E-state index contributed by atoms with van der Waals surface area (Å²) in [6.45, 7) is 0. The van der Waals surface area contributed by atoms with E-state index in [1.54, 1.807) is 23.5 Å². The predicted octanol–water partition coefficient (Wildman–Crippen LogP) is 4.66. The Balaban J connectivity index is 1.76. The zero-order chi connectivity index (χ0) is 13.8. The van der Waals surface area contributed by atoms with Gasteiger partial charge in [0.25, 0.3) is 0 Å². The lowest BCUT2D eigenvalue weighted by atomic mass is 10.1. The molecule has 0 aromatic heterocycles. The van der Waals surface area contributed by atoms with Crippen LogP contribution in [0.4, 0.5) is 5.69 Å². The van der Waals surface area contributed by atoms with E-state index in [1.807, 2.05) is 6.07 Å². The number of amidine groups is 1. The minimum atomic E-state index is 0.269. The Morgan fingerprint density at radius 3 is 2.65 bits per heavy atom. The number of rotatable bonds is 3. The van der Waals surface area contributed by atoms with Gasteiger partial charge in [0.05, 0.1) is 11.7 Å². The van der Waals surface area contributed by atoms with E-state index >= 15 is 0 Å². The number of aliphatic imine (C=N–C) groups is 1. The second-order valence-electron chi connectivity index (χ2n) is 4.50. The van der Waals surface area contributed by atoms with Gasteiger partial charge in [0.1, 0.15) is 0 Å². The average Bonchev–Trinajstić information content (AvgIpc) is 2.97. The molecule has 0 fully saturated rings. The molecule has 0 saturated carbocycles. The van der Waals surface area contributed by atoms with Crippen LogP contribution in [-0.4, -0.2) is 17.2 Å². The van der Waals surface area contributed by atoms with Crippen molar-refractivity contribution in [2.45, 2.75) is 10.9 Å². The molecule has 0 spiro atoms. The van der Waals surface area contributed by atoms with E-state index in [1.165, 1.54) is 10.5 Å². The number of nitrogens with zero attached hydrogens (tertiary/aromatic N) is 1. The molecular formula is C16H16N2S2. The molecule has 2 nitrogen and oxygen atoms in total. The number of thioether (sulfide) groups is 2. The number of nitrogens with one attached hydrogen (secondary N) is 1. The number of hydrogen-bond acceptors (Lipinski definition) is 4. The third-order valence-electron chi connectivity index (χ3n) is 3.18. The maximum atomic E-state index is 4.79. The van der Waals surface area contributed by atoms with Gasteiger partial charge in [0.2, 0.25) is 0 Å². The smallest absolute Gasteiger partial charge is 0.161 e. The van der Waals surface area contributed by atoms with Crippen LogP contribution in [0.1, 0.15) is 11.6 Å². The van der Waals surface area contributed by atoms with Crippen molar-refractivity contribution >= 4 is 34.4 Å². The largest absolute Gasteiger partial charge is 0.334 e. The van der Waals surface area contributed by atoms with E-state index in [4.69, 9.17) is 4.99 Å². The fourth-order valence-corrected chi connectivity index (χ4v) is 3.67. The van der Waals surface area contributed by atoms with Gasteiger partial charge in [-0.15, -0.1) is 11.8 Å². The van der Waals surface area contributed by atoms with Crippen LogP contribution in [0.3, 0.4) is 0 Å². The maximum absolute atomic E-state index is 4.79. The Morgan fingerprint density at radius 1 is 1.10 bits per heavy atom. The van der Waals surface area contributed by atoms with Gasteiger partial charge in [-0.3, -0.25) is 4.99 Å². The lowest BCUT2D eigenvalue weighted by Crippen LogP contribution is -2.05. The van der Waals surface area contributed by atoms with Crippen LogP contribution in [0, 0.1) is 0 Å². The highest BCUT2D eigenvalue weighted by atomic mass is 32.2. The number of anilines is 1. The van der Waals surface area contributed by atoms with Crippen molar-refractivity contribution in [3.8, 4) is 0 Å². The molecule has 1 atom stereocenters. The number of para-hydroxylation sites is 1. The molecule has 1 N–H and O–H groups in total. The summed E-state index contributed by atoms with van der Waals surface area (Å²) in [5.41, 5.74) is 2.43. The fraction of sp³-hybridized carbons (Fsp3) is 0.188. The van der Waals surface area contributed by atoms with E-state index in [0.717, 1.165) is 16.6 Å². The van der Waals surface area contributed by atoms with Gasteiger partial charge in [-0.25, -0.2) is 0 Å². The van der Waals surface area contributed by atoms with Gasteiger partial charge < -0.3 is 5.32 Å². The van der Waals surface area contributed by atoms with Crippen molar-refractivity contribution < 1.29 is 0 Å². The summed E-state index contributed by atoms with van der Waals surface area (Å²) in [6.07, 6.45) is 2.09. The second kappa shape index (κ2) is 6.37. The standard InChI is InChI=1S/C16H16N2S2/c1-19-15-10-6-5-9-13(15)17-16-18-14(11-20-16)12-7-3-2-4-8-12/h2-10,14H,11H2,1H3,(H,17,18). The van der Waals surface area contributed by atoms with Gasteiger partial charge in [-0.1, -0.05) is 54.2 Å². The fourth-order valence-electron chi connectivity index (χ4n) is 2.15. The molecule has 102 valence electrons. The van der Waals surface area contributed by atoms with Gasteiger partial charge in [-0.2, -0.15) is 0 Å². The van der Waals surface area contributed by atoms with Crippen molar-refractivity contribution in [3.63, 3.8) is 0 Å². The zero-order valence-corrected chi connectivity index (χ0v) is 12.9. The predicted molar refractivity (Wildman–Crippen MR) is 90.9 cm³/mol. The van der Waals surface area contributed by atoms with Crippen LogP contribution in [0.15, 0.2) is 64.5 Å². The Kier molecular flexibility index (Phi) is 4.33. The summed E-state index contributed by atoms with van der Waals surface area (Å²) in [5.74, 6) is 1.01. The Bertz CT molecular complexity index is 611. The van der Waals surface area contributed by atoms with Crippen LogP contribution in [0.25, 0.3) is 0 Å². The highest BCUT2D eigenvalue weighted by Gasteiger charge is 2.20. The van der Waals surface area contributed by atoms with Crippen LogP contribution >= 0.6 is 23.5 Å². The molecule has 0 bridgehead atoms. The van der Waals surface area contributed by atoms with Gasteiger partial charge in [-0.05, 0) is 24.0 Å². The minimum absolute atomic E-state index is 0.269. The Hall–Kier alpha value is -1.39. The summed E-state index contributed by atoms with van der Waals surface area (Å²) in [4.78, 5) is 6.04. The van der Waals surface area contributed by atoms with Crippen LogP contribution in [0.2, 0.25) is 0 Å². The van der Waals surface area contributed by atoms with E-state index in [-0.39, 0.29) is 6.04 Å².